The van der Waals surface area contributed by atoms with Crippen molar-refractivity contribution in [3.05, 3.63) is 29.8 Å². The average molecular weight is 291 g/mol. The molecule has 0 spiro atoms. The molecule has 0 heterocycles. The molecule has 0 saturated heterocycles. The Hall–Kier alpha value is -1.55. The minimum atomic E-state index is -0.256. The van der Waals surface area contributed by atoms with Crippen LogP contribution in [0.25, 0.3) is 0 Å². The number of urea groups is 1. The van der Waals surface area contributed by atoms with E-state index in [-0.39, 0.29) is 23.0 Å². The molecule has 0 aliphatic heterocycles. The molecule has 21 heavy (non-hydrogen) atoms. The summed E-state index contributed by atoms with van der Waals surface area (Å²) in [5.41, 5.74) is 7.53. The minimum absolute atomic E-state index is 0.00130. The van der Waals surface area contributed by atoms with Gasteiger partial charge in [0.2, 0.25) is 0 Å². The second-order valence-electron chi connectivity index (χ2n) is 7.61. The Bertz CT molecular complexity index is 470. The molecule has 0 aliphatic carbocycles. The van der Waals surface area contributed by atoms with Gasteiger partial charge in [-0.15, -0.1) is 0 Å². The van der Waals surface area contributed by atoms with Crippen molar-refractivity contribution >= 4 is 11.7 Å². The predicted octanol–water partition coefficient (Wildman–Crippen LogP) is 4.04. The number of hydrogen-bond donors (Lipinski definition) is 3. The molecular weight excluding hydrogens is 262 g/mol. The Morgan fingerprint density at radius 3 is 2.10 bits per heavy atom. The number of benzene rings is 1. The molecule has 2 amide bonds. The van der Waals surface area contributed by atoms with Gasteiger partial charge in [-0.25, -0.2) is 4.79 Å². The predicted molar refractivity (Wildman–Crippen MR) is 89.3 cm³/mol. The smallest absolute Gasteiger partial charge is 0.319 e. The SMILES string of the molecule is CC(N)c1ccc(NC(=O)NC(C)(C)CC(C)(C)C)cc1. The highest BCUT2D eigenvalue weighted by Gasteiger charge is 2.26. The molecule has 0 aliphatic rings. The summed E-state index contributed by atoms with van der Waals surface area (Å²) in [7, 11) is 0. The summed E-state index contributed by atoms with van der Waals surface area (Å²) in [6.45, 7) is 12.5. The van der Waals surface area contributed by atoms with Crippen molar-refractivity contribution in [3.8, 4) is 0 Å². The molecule has 4 N–H and O–H groups in total. The topological polar surface area (TPSA) is 67.1 Å². The van der Waals surface area contributed by atoms with Gasteiger partial charge in [0.15, 0.2) is 0 Å². The lowest BCUT2D eigenvalue weighted by Gasteiger charge is -2.33. The lowest BCUT2D eigenvalue weighted by molar-refractivity contribution is 0.220. The van der Waals surface area contributed by atoms with Crippen LogP contribution >= 0.6 is 0 Å². The number of nitrogens with two attached hydrogens (primary N) is 1. The highest BCUT2D eigenvalue weighted by molar-refractivity contribution is 5.89. The van der Waals surface area contributed by atoms with Crippen LogP contribution < -0.4 is 16.4 Å². The maximum atomic E-state index is 12.1. The van der Waals surface area contributed by atoms with Gasteiger partial charge < -0.3 is 16.4 Å². The fourth-order valence-electron chi connectivity index (χ4n) is 2.71. The zero-order valence-electron chi connectivity index (χ0n) is 14.1. The van der Waals surface area contributed by atoms with Crippen LogP contribution in [-0.2, 0) is 0 Å². The van der Waals surface area contributed by atoms with Gasteiger partial charge in [-0.1, -0.05) is 32.9 Å². The van der Waals surface area contributed by atoms with Crippen LogP contribution in [0.3, 0.4) is 0 Å². The summed E-state index contributed by atoms with van der Waals surface area (Å²) in [4.78, 5) is 12.1. The molecule has 0 fully saturated rings. The van der Waals surface area contributed by atoms with E-state index in [4.69, 9.17) is 5.73 Å². The third-order valence-corrected chi connectivity index (χ3v) is 3.12. The molecule has 1 atom stereocenters. The second kappa shape index (κ2) is 6.48. The molecule has 0 radical (unpaired) electrons. The molecule has 1 aromatic rings. The van der Waals surface area contributed by atoms with Gasteiger partial charge in [-0.2, -0.15) is 0 Å². The first kappa shape index (κ1) is 17.5. The van der Waals surface area contributed by atoms with Crippen LogP contribution in [0.5, 0.6) is 0 Å². The third-order valence-electron chi connectivity index (χ3n) is 3.12. The molecule has 0 bridgehead atoms. The Balaban J connectivity index is 2.61. The van der Waals surface area contributed by atoms with Crippen LogP contribution in [0.2, 0.25) is 0 Å². The summed E-state index contributed by atoms with van der Waals surface area (Å²) < 4.78 is 0. The quantitative estimate of drug-likeness (QED) is 0.783. The lowest BCUT2D eigenvalue weighted by atomic mass is 9.82. The van der Waals surface area contributed by atoms with Crippen LogP contribution in [-0.4, -0.2) is 11.6 Å². The number of hydrogen-bond acceptors (Lipinski definition) is 2. The molecular formula is C17H29N3O. The summed E-state index contributed by atoms with van der Waals surface area (Å²) in [5.74, 6) is 0. The van der Waals surface area contributed by atoms with Crippen molar-refractivity contribution < 1.29 is 4.79 Å². The fourth-order valence-corrected chi connectivity index (χ4v) is 2.71. The normalized spacial score (nSPS) is 13.7. The van der Waals surface area contributed by atoms with Gasteiger partial charge in [-0.05, 0) is 50.3 Å². The number of amides is 2. The van der Waals surface area contributed by atoms with E-state index in [2.05, 4.69) is 31.4 Å². The standard InChI is InChI=1S/C17H29N3O/c1-12(18)13-7-9-14(10-8-13)19-15(21)20-17(5,6)11-16(2,3)4/h7-10,12H,11,18H2,1-6H3,(H2,19,20,21). The first-order valence-electron chi connectivity index (χ1n) is 7.43. The van der Waals surface area contributed by atoms with Crippen molar-refractivity contribution in [1.82, 2.24) is 5.32 Å². The van der Waals surface area contributed by atoms with Crippen molar-refractivity contribution in [3.63, 3.8) is 0 Å². The zero-order valence-corrected chi connectivity index (χ0v) is 14.1. The van der Waals surface area contributed by atoms with Gasteiger partial charge in [0.25, 0.3) is 0 Å². The van der Waals surface area contributed by atoms with Crippen molar-refractivity contribution in [2.24, 2.45) is 11.1 Å². The molecule has 0 aromatic heterocycles. The highest BCUT2D eigenvalue weighted by Crippen LogP contribution is 2.26. The summed E-state index contributed by atoms with van der Waals surface area (Å²) in [6.07, 6.45) is 0.900. The van der Waals surface area contributed by atoms with E-state index in [0.717, 1.165) is 17.7 Å². The molecule has 4 nitrogen and oxygen atoms in total. The second-order valence-corrected chi connectivity index (χ2v) is 7.61. The number of nitrogens with one attached hydrogen (secondary N) is 2. The highest BCUT2D eigenvalue weighted by atomic mass is 16.2. The number of carbonyl (C=O) groups is 1. The first-order chi connectivity index (χ1) is 9.48. The van der Waals surface area contributed by atoms with Gasteiger partial charge in [-0.3, -0.25) is 0 Å². The van der Waals surface area contributed by atoms with E-state index >= 15 is 0 Å². The van der Waals surface area contributed by atoms with Crippen molar-refractivity contribution in [1.29, 1.82) is 0 Å². The van der Waals surface area contributed by atoms with Gasteiger partial charge in [0, 0.05) is 17.3 Å². The molecule has 1 unspecified atom stereocenters. The van der Waals surface area contributed by atoms with Crippen LogP contribution in [0.1, 0.15) is 59.6 Å². The largest absolute Gasteiger partial charge is 0.333 e. The Kier molecular flexibility index (Phi) is 5.40. The number of anilines is 1. The van der Waals surface area contributed by atoms with Crippen molar-refractivity contribution in [2.75, 3.05) is 5.32 Å². The maximum Gasteiger partial charge on any atom is 0.319 e. The van der Waals surface area contributed by atoms with E-state index in [1.54, 1.807) is 0 Å². The van der Waals surface area contributed by atoms with Crippen LogP contribution in [0, 0.1) is 5.41 Å². The average Bonchev–Trinajstić information content (AvgIpc) is 2.24. The molecule has 4 heteroatoms. The number of carbonyl (C=O) groups excluding carboxylic acids is 1. The van der Waals surface area contributed by atoms with Crippen molar-refractivity contribution in [2.45, 2.75) is 59.5 Å². The Labute approximate surface area is 128 Å². The summed E-state index contributed by atoms with van der Waals surface area (Å²) in [5, 5.41) is 5.88. The first-order valence-corrected chi connectivity index (χ1v) is 7.43. The number of rotatable bonds is 4. The van der Waals surface area contributed by atoms with Gasteiger partial charge >= 0.3 is 6.03 Å². The minimum Gasteiger partial charge on any atom is -0.333 e. The van der Waals surface area contributed by atoms with Gasteiger partial charge in [0.05, 0.1) is 0 Å². The zero-order chi connectivity index (χ0) is 16.3. The van der Waals surface area contributed by atoms with E-state index in [0.29, 0.717) is 0 Å². The van der Waals surface area contributed by atoms with Crippen LogP contribution in [0.4, 0.5) is 10.5 Å². The Morgan fingerprint density at radius 1 is 1.14 bits per heavy atom. The van der Waals surface area contributed by atoms with Crippen LogP contribution in [0.15, 0.2) is 24.3 Å². The molecule has 118 valence electrons. The van der Waals surface area contributed by atoms with Gasteiger partial charge in [0.1, 0.15) is 0 Å². The molecule has 1 aromatic carbocycles. The maximum absolute atomic E-state index is 12.1. The third kappa shape index (κ3) is 6.63. The van der Waals surface area contributed by atoms with E-state index in [1.165, 1.54) is 0 Å². The van der Waals surface area contributed by atoms with E-state index < -0.39 is 0 Å². The summed E-state index contributed by atoms with van der Waals surface area (Å²) in [6, 6.07) is 7.42. The summed E-state index contributed by atoms with van der Waals surface area (Å²) >= 11 is 0. The Morgan fingerprint density at radius 2 is 1.67 bits per heavy atom. The monoisotopic (exact) mass is 291 g/mol. The molecule has 1 rings (SSSR count). The molecule has 0 saturated carbocycles. The van der Waals surface area contributed by atoms with E-state index in [9.17, 15) is 4.79 Å². The lowest BCUT2D eigenvalue weighted by Crippen LogP contribution is -2.47. The fraction of sp³-hybridized carbons (Fsp3) is 0.588. The van der Waals surface area contributed by atoms with E-state index in [1.807, 2.05) is 45.0 Å².